The van der Waals surface area contributed by atoms with E-state index < -0.39 is 0 Å². The summed E-state index contributed by atoms with van der Waals surface area (Å²) in [5.74, 6) is 1.39. The fourth-order valence-electron chi connectivity index (χ4n) is 2.30. The molecule has 0 aliphatic carbocycles. The van der Waals surface area contributed by atoms with Crippen LogP contribution in [0.2, 0.25) is 0 Å². The van der Waals surface area contributed by atoms with Crippen LogP contribution in [0, 0.1) is 5.92 Å². The molecule has 5 heteroatoms. The molecule has 0 bridgehead atoms. The lowest BCUT2D eigenvalue weighted by Gasteiger charge is -2.21. The van der Waals surface area contributed by atoms with Crippen molar-refractivity contribution in [1.29, 1.82) is 0 Å². The van der Waals surface area contributed by atoms with E-state index in [9.17, 15) is 4.79 Å². The molecule has 1 aliphatic heterocycles. The van der Waals surface area contributed by atoms with E-state index in [0.29, 0.717) is 12.5 Å². The van der Waals surface area contributed by atoms with Crippen molar-refractivity contribution in [1.82, 2.24) is 5.32 Å². The summed E-state index contributed by atoms with van der Waals surface area (Å²) in [4.78, 5) is 11.8. The Bertz CT molecular complexity index is 431. The predicted octanol–water partition coefficient (Wildman–Crippen LogP) is 2.63. The zero-order valence-corrected chi connectivity index (χ0v) is 11.9. The third kappa shape index (κ3) is 4.74. The first-order valence-corrected chi connectivity index (χ1v) is 7.04. The average molecular weight is 278 g/mol. The Labute approximate surface area is 119 Å². The molecular formula is C15H22N2O3. The molecule has 1 saturated heterocycles. The van der Waals surface area contributed by atoms with Gasteiger partial charge in [-0.15, -0.1) is 0 Å². The van der Waals surface area contributed by atoms with Crippen molar-refractivity contribution in [2.75, 3.05) is 32.2 Å². The van der Waals surface area contributed by atoms with Gasteiger partial charge in [0.05, 0.1) is 7.11 Å². The first-order chi connectivity index (χ1) is 9.78. The number of carbonyl (C=O) groups excluding carboxylic acids is 1. The highest BCUT2D eigenvalue weighted by Crippen LogP contribution is 2.18. The second-order valence-electron chi connectivity index (χ2n) is 4.96. The molecule has 0 unspecified atom stereocenters. The van der Waals surface area contributed by atoms with Gasteiger partial charge in [0.1, 0.15) is 5.75 Å². The van der Waals surface area contributed by atoms with Gasteiger partial charge in [0.15, 0.2) is 0 Å². The van der Waals surface area contributed by atoms with Gasteiger partial charge in [0.25, 0.3) is 0 Å². The first-order valence-electron chi connectivity index (χ1n) is 7.04. The van der Waals surface area contributed by atoms with Gasteiger partial charge in [-0.05, 0) is 37.3 Å². The minimum atomic E-state index is -0.176. The van der Waals surface area contributed by atoms with Crippen molar-refractivity contribution in [3.8, 4) is 5.75 Å². The monoisotopic (exact) mass is 278 g/mol. The lowest BCUT2D eigenvalue weighted by molar-refractivity contribution is 0.0642. The lowest BCUT2D eigenvalue weighted by Crippen LogP contribution is -2.31. The first kappa shape index (κ1) is 14.7. The molecule has 1 aromatic carbocycles. The Kier molecular flexibility index (Phi) is 5.68. The van der Waals surface area contributed by atoms with Crippen LogP contribution in [-0.4, -0.2) is 32.9 Å². The summed E-state index contributed by atoms with van der Waals surface area (Å²) in [6.07, 6.45) is 3.20. The molecule has 1 aliphatic rings. The average Bonchev–Trinajstić information content (AvgIpc) is 2.48. The largest absolute Gasteiger partial charge is 0.497 e. The minimum Gasteiger partial charge on any atom is -0.497 e. The van der Waals surface area contributed by atoms with E-state index in [4.69, 9.17) is 9.47 Å². The number of hydrogen-bond donors (Lipinski definition) is 2. The molecule has 1 fully saturated rings. The van der Waals surface area contributed by atoms with Gasteiger partial charge in [-0.25, -0.2) is 4.79 Å². The SMILES string of the molecule is COc1cccc(NC(=O)NCCC2CCOCC2)c1. The molecule has 0 radical (unpaired) electrons. The number of benzene rings is 1. The minimum absolute atomic E-state index is 0.176. The summed E-state index contributed by atoms with van der Waals surface area (Å²) in [6.45, 7) is 2.39. The smallest absolute Gasteiger partial charge is 0.319 e. The second-order valence-corrected chi connectivity index (χ2v) is 4.96. The Morgan fingerprint density at radius 2 is 2.20 bits per heavy atom. The zero-order valence-electron chi connectivity index (χ0n) is 11.9. The highest BCUT2D eigenvalue weighted by Gasteiger charge is 2.13. The normalized spacial score (nSPS) is 15.7. The molecule has 0 aromatic heterocycles. The van der Waals surface area contributed by atoms with Crippen molar-refractivity contribution in [2.24, 2.45) is 5.92 Å². The molecule has 5 nitrogen and oxygen atoms in total. The molecule has 1 heterocycles. The summed E-state index contributed by atoms with van der Waals surface area (Å²) in [5, 5.41) is 5.68. The fourth-order valence-corrected chi connectivity index (χ4v) is 2.30. The fraction of sp³-hybridized carbons (Fsp3) is 0.533. The van der Waals surface area contributed by atoms with E-state index in [2.05, 4.69) is 10.6 Å². The van der Waals surface area contributed by atoms with Gasteiger partial charge in [-0.3, -0.25) is 0 Å². The molecule has 2 N–H and O–H groups in total. The standard InChI is InChI=1S/C15H22N2O3/c1-19-14-4-2-3-13(11-14)17-15(18)16-8-5-12-6-9-20-10-7-12/h2-4,11-12H,5-10H2,1H3,(H2,16,17,18). The maximum Gasteiger partial charge on any atom is 0.319 e. The number of carbonyl (C=O) groups is 1. The second kappa shape index (κ2) is 7.75. The Balaban J connectivity index is 1.69. The van der Waals surface area contributed by atoms with Crippen LogP contribution in [0.5, 0.6) is 5.75 Å². The lowest BCUT2D eigenvalue weighted by atomic mass is 9.97. The van der Waals surface area contributed by atoms with Crippen molar-refractivity contribution in [3.05, 3.63) is 24.3 Å². The van der Waals surface area contributed by atoms with Crippen molar-refractivity contribution < 1.29 is 14.3 Å². The maximum absolute atomic E-state index is 11.8. The van der Waals surface area contributed by atoms with Gasteiger partial charge >= 0.3 is 6.03 Å². The van der Waals surface area contributed by atoms with E-state index in [1.54, 1.807) is 13.2 Å². The van der Waals surface area contributed by atoms with Gasteiger partial charge in [0.2, 0.25) is 0 Å². The van der Waals surface area contributed by atoms with Crippen molar-refractivity contribution >= 4 is 11.7 Å². The quantitative estimate of drug-likeness (QED) is 0.870. The van der Waals surface area contributed by atoms with Crippen LogP contribution in [0.1, 0.15) is 19.3 Å². The summed E-state index contributed by atoms with van der Waals surface area (Å²) in [5.41, 5.74) is 0.730. The number of urea groups is 1. The molecule has 2 rings (SSSR count). The summed E-state index contributed by atoms with van der Waals surface area (Å²) in [6, 6.07) is 7.13. The molecule has 1 aromatic rings. The van der Waals surface area contributed by atoms with Gasteiger partial charge in [0, 0.05) is 31.5 Å². The van der Waals surface area contributed by atoms with Gasteiger partial charge in [-0.2, -0.15) is 0 Å². The topological polar surface area (TPSA) is 59.6 Å². The van der Waals surface area contributed by atoms with Crippen molar-refractivity contribution in [2.45, 2.75) is 19.3 Å². The van der Waals surface area contributed by atoms with Crippen LogP contribution < -0.4 is 15.4 Å². The zero-order chi connectivity index (χ0) is 14.2. The van der Waals surface area contributed by atoms with E-state index in [1.165, 1.54) is 0 Å². The molecule has 0 saturated carbocycles. The van der Waals surface area contributed by atoms with Crippen molar-refractivity contribution in [3.63, 3.8) is 0 Å². The summed E-state index contributed by atoms with van der Waals surface area (Å²) >= 11 is 0. The third-order valence-corrected chi connectivity index (χ3v) is 3.51. The molecule has 0 atom stereocenters. The molecule has 0 spiro atoms. The van der Waals surface area contributed by atoms with Gasteiger partial charge < -0.3 is 20.1 Å². The predicted molar refractivity (Wildman–Crippen MR) is 78.2 cm³/mol. The summed E-state index contributed by atoms with van der Waals surface area (Å²) < 4.78 is 10.4. The van der Waals surface area contributed by atoms with E-state index in [1.807, 2.05) is 18.2 Å². The van der Waals surface area contributed by atoms with Crippen LogP contribution in [0.4, 0.5) is 10.5 Å². The number of rotatable bonds is 5. The number of anilines is 1. The number of amides is 2. The number of methoxy groups -OCH3 is 1. The molecule has 2 amide bonds. The third-order valence-electron chi connectivity index (χ3n) is 3.51. The van der Waals surface area contributed by atoms with Crippen LogP contribution in [0.3, 0.4) is 0 Å². The Morgan fingerprint density at radius 3 is 2.95 bits per heavy atom. The van der Waals surface area contributed by atoms with E-state index in [-0.39, 0.29) is 6.03 Å². The van der Waals surface area contributed by atoms with E-state index >= 15 is 0 Å². The Hall–Kier alpha value is -1.75. The highest BCUT2D eigenvalue weighted by atomic mass is 16.5. The number of hydrogen-bond acceptors (Lipinski definition) is 3. The van der Waals surface area contributed by atoms with E-state index in [0.717, 1.165) is 43.9 Å². The molecule has 20 heavy (non-hydrogen) atoms. The highest BCUT2D eigenvalue weighted by molar-refractivity contribution is 5.89. The van der Waals surface area contributed by atoms with Crippen LogP contribution in [0.25, 0.3) is 0 Å². The molecule has 110 valence electrons. The Morgan fingerprint density at radius 1 is 1.40 bits per heavy atom. The van der Waals surface area contributed by atoms with Gasteiger partial charge in [-0.1, -0.05) is 6.07 Å². The number of ether oxygens (including phenoxy) is 2. The number of nitrogens with one attached hydrogen (secondary N) is 2. The van der Waals surface area contributed by atoms with Crippen LogP contribution in [0.15, 0.2) is 24.3 Å². The van der Waals surface area contributed by atoms with Crippen LogP contribution in [-0.2, 0) is 4.74 Å². The molecular weight excluding hydrogens is 256 g/mol. The maximum atomic E-state index is 11.8. The summed E-state index contributed by atoms with van der Waals surface area (Å²) in [7, 11) is 1.60. The van der Waals surface area contributed by atoms with Crippen LogP contribution >= 0.6 is 0 Å².